The highest BCUT2D eigenvalue weighted by atomic mass is 35.5. The van der Waals surface area contributed by atoms with E-state index in [1.165, 1.54) is 45.2 Å². The van der Waals surface area contributed by atoms with Crippen LogP contribution in [0.5, 0.6) is 0 Å². The number of benzene rings is 4. The fourth-order valence-electron chi connectivity index (χ4n) is 7.51. The van der Waals surface area contributed by atoms with Gasteiger partial charge in [-0.05, 0) is 72.5 Å². The standard InChI is InChI=1S/C44H46Cl2N3/c1-31(49(35-18-12-9-13-19-35)36-20-14-10-15-21-36)32(23-28-42-44(4,5)38-30-34(46)25-27-40(38)48(42)7)17-11-8-16-22-41-43(2,3)37-29-33(45)24-26-39(37)47(41)6/h8-10,12-16,18-30H,11,17H2,1-7H3/q+1. The van der Waals surface area contributed by atoms with Gasteiger partial charge in [0.05, 0.1) is 0 Å². The van der Waals surface area contributed by atoms with Crippen LogP contribution >= 0.6 is 23.2 Å². The predicted octanol–water partition coefficient (Wildman–Crippen LogP) is 12.2. The Morgan fingerprint density at radius 1 is 0.673 bits per heavy atom. The van der Waals surface area contributed by atoms with Crippen LogP contribution in [-0.2, 0) is 10.8 Å². The molecule has 2 aliphatic heterocycles. The van der Waals surface area contributed by atoms with Gasteiger partial charge in [-0.2, -0.15) is 4.58 Å². The second kappa shape index (κ2) is 13.9. The Kier molecular flexibility index (Phi) is 9.80. The highest BCUT2D eigenvalue weighted by Crippen LogP contribution is 2.49. The van der Waals surface area contributed by atoms with Crippen LogP contribution in [0.2, 0.25) is 10.0 Å². The maximum atomic E-state index is 6.47. The first-order valence-electron chi connectivity index (χ1n) is 17.0. The first kappa shape index (κ1) is 34.5. The van der Waals surface area contributed by atoms with Crippen LogP contribution in [0, 0.1) is 0 Å². The van der Waals surface area contributed by atoms with E-state index in [1.807, 2.05) is 12.1 Å². The molecule has 0 saturated carbocycles. The quantitative estimate of drug-likeness (QED) is 0.135. The molecule has 5 heteroatoms. The Labute approximate surface area is 302 Å². The molecule has 0 fully saturated rings. The summed E-state index contributed by atoms with van der Waals surface area (Å²) in [5.41, 5.74) is 11.9. The highest BCUT2D eigenvalue weighted by Gasteiger charge is 2.39. The molecule has 0 saturated heterocycles. The number of halogens is 2. The summed E-state index contributed by atoms with van der Waals surface area (Å²) >= 11 is 12.9. The number of allylic oxidation sites excluding steroid dienone is 8. The summed E-state index contributed by atoms with van der Waals surface area (Å²) in [5.74, 6) is 0. The molecule has 49 heavy (non-hydrogen) atoms. The molecule has 0 spiro atoms. The fourth-order valence-corrected chi connectivity index (χ4v) is 7.85. The minimum atomic E-state index is -0.183. The zero-order valence-corrected chi connectivity index (χ0v) is 31.1. The summed E-state index contributed by atoms with van der Waals surface area (Å²) in [6.07, 6.45) is 13.2. The fraction of sp³-hybridized carbons (Fsp3) is 0.250. The van der Waals surface area contributed by atoms with Gasteiger partial charge in [-0.25, -0.2) is 0 Å². The van der Waals surface area contributed by atoms with Gasteiger partial charge in [0, 0.05) is 94.5 Å². The first-order valence-corrected chi connectivity index (χ1v) is 17.8. The molecule has 6 rings (SSSR count). The smallest absolute Gasteiger partial charge is 0.211 e. The third kappa shape index (κ3) is 6.67. The van der Waals surface area contributed by atoms with Gasteiger partial charge in [-0.1, -0.05) is 106 Å². The van der Waals surface area contributed by atoms with Crippen molar-refractivity contribution in [3.8, 4) is 0 Å². The topological polar surface area (TPSA) is 9.49 Å². The third-order valence-electron chi connectivity index (χ3n) is 10.2. The Morgan fingerprint density at radius 3 is 1.63 bits per heavy atom. The van der Waals surface area contributed by atoms with Crippen LogP contribution < -0.4 is 14.4 Å². The predicted molar refractivity (Wildman–Crippen MR) is 213 cm³/mol. The summed E-state index contributed by atoms with van der Waals surface area (Å²) in [6, 6.07) is 33.7. The highest BCUT2D eigenvalue weighted by molar-refractivity contribution is 6.31. The minimum absolute atomic E-state index is 0.130. The van der Waals surface area contributed by atoms with Crippen molar-refractivity contribution < 1.29 is 0 Å². The summed E-state index contributed by atoms with van der Waals surface area (Å²) in [5, 5.41) is 1.54. The lowest BCUT2D eigenvalue weighted by Gasteiger charge is -2.24. The van der Waals surface area contributed by atoms with Gasteiger partial charge >= 0.3 is 0 Å². The summed E-state index contributed by atoms with van der Waals surface area (Å²) in [6.45, 7) is 11.4. The van der Waals surface area contributed by atoms with E-state index in [-0.39, 0.29) is 10.8 Å². The maximum Gasteiger partial charge on any atom is 0.211 e. The Bertz CT molecular complexity index is 1970. The zero-order chi connectivity index (χ0) is 34.9. The van der Waals surface area contributed by atoms with Gasteiger partial charge in [-0.3, -0.25) is 0 Å². The van der Waals surface area contributed by atoms with Crippen molar-refractivity contribution in [2.75, 3.05) is 23.9 Å². The lowest BCUT2D eigenvalue weighted by molar-refractivity contribution is 0.640. The van der Waals surface area contributed by atoms with Crippen LogP contribution in [0.15, 0.2) is 144 Å². The van der Waals surface area contributed by atoms with Crippen LogP contribution in [0.1, 0.15) is 58.6 Å². The van der Waals surface area contributed by atoms with E-state index in [0.717, 1.165) is 34.3 Å². The second-order valence-electron chi connectivity index (χ2n) is 14.0. The van der Waals surface area contributed by atoms with Crippen molar-refractivity contribution in [1.82, 2.24) is 4.58 Å². The van der Waals surface area contributed by atoms with Gasteiger partial charge in [0.1, 0.15) is 0 Å². The Hall–Kier alpha value is -4.31. The molecule has 0 amide bonds. The lowest BCUT2D eigenvalue weighted by Crippen LogP contribution is -2.23. The van der Waals surface area contributed by atoms with Gasteiger partial charge in [0.15, 0.2) is 5.71 Å². The van der Waals surface area contributed by atoms with Crippen molar-refractivity contribution in [2.45, 2.75) is 58.3 Å². The molecule has 0 atom stereocenters. The van der Waals surface area contributed by atoms with Crippen LogP contribution in [-0.4, -0.2) is 19.8 Å². The summed E-state index contributed by atoms with van der Waals surface area (Å²) in [7, 11) is 4.30. The van der Waals surface area contributed by atoms with E-state index in [4.69, 9.17) is 23.2 Å². The van der Waals surface area contributed by atoms with Crippen LogP contribution in [0.3, 0.4) is 0 Å². The van der Waals surface area contributed by atoms with Crippen LogP contribution in [0.25, 0.3) is 0 Å². The van der Waals surface area contributed by atoms with Crippen molar-refractivity contribution in [3.63, 3.8) is 0 Å². The van der Waals surface area contributed by atoms with Crippen molar-refractivity contribution >= 4 is 51.7 Å². The minimum Gasteiger partial charge on any atom is -0.347 e. The molecule has 0 aromatic heterocycles. The van der Waals surface area contributed by atoms with E-state index < -0.39 is 0 Å². The number of para-hydroxylation sites is 2. The molecule has 4 aromatic rings. The Balaban J connectivity index is 1.37. The molecular formula is C44H46Cl2N3+. The average Bonchev–Trinajstić information content (AvgIpc) is 3.39. The summed E-state index contributed by atoms with van der Waals surface area (Å²) in [4.78, 5) is 4.59. The number of anilines is 2. The number of nitrogens with zero attached hydrogens (tertiary/aromatic N) is 3. The van der Waals surface area contributed by atoms with Gasteiger partial charge < -0.3 is 9.80 Å². The zero-order valence-electron chi connectivity index (χ0n) is 29.6. The van der Waals surface area contributed by atoms with E-state index in [0.29, 0.717) is 0 Å². The number of hydrogen-bond donors (Lipinski definition) is 0. The average molecular weight is 688 g/mol. The molecule has 2 heterocycles. The molecule has 4 aromatic carbocycles. The summed E-state index contributed by atoms with van der Waals surface area (Å²) < 4.78 is 2.37. The molecule has 0 aliphatic carbocycles. The third-order valence-corrected chi connectivity index (χ3v) is 10.7. The molecule has 3 nitrogen and oxygen atoms in total. The maximum absolute atomic E-state index is 6.47. The van der Waals surface area contributed by atoms with Crippen molar-refractivity contribution in [3.05, 3.63) is 166 Å². The van der Waals surface area contributed by atoms with Gasteiger partial charge in [0.2, 0.25) is 11.4 Å². The molecule has 0 bridgehead atoms. The number of rotatable bonds is 8. The first-order chi connectivity index (χ1) is 23.4. The lowest BCUT2D eigenvalue weighted by atomic mass is 9.83. The van der Waals surface area contributed by atoms with Gasteiger partial charge in [0.25, 0.3) is 0 Å². The number of hydrogen-bond acceptors (Lipinski definition) is 2. The molecule has 2 aliphatic rings. The van der Waals surface area contributed by atoms with Crippen molar-refractivity contribution in [2.24, 2.45) is 0 Å². The molecule has 250 valence electrons. The van der Waals surface area contributed by atoms with Gasteiger partial charge in [-0.15, -0.1) is 0 Å². The van der Waals surface area contributed by atoms with E-state index in [1.54, 1.807) is 0 Å². The Morgan fingerprint density at radius 2 is 1.14 bits per heavy atom. The van der Waals surface area contributed by atoms with E-state index in [9.17, 15) is 0 Å². The normalized spacial score (nSPS) is 18.0. The monoisotopic (exact) mass is 686 g/mol. The van der Waals surface area contributed by atoms with E-state index in [2.05, 4.69) is 178 Å². The van der Waals surface area contributed by atoms with E-state index >= 15 is 0 Å². The molecule has 0 unspecified atom stereocenters. The molecule has 0 N–H and O–H groups in total. The SMILES string of the molecule is CC(C(=CC=C1N(C)c2ccc(Cl)cc2C1(C)C)CCC=CC=C1N(C)c2ccc(Cl)cc2C1(C)C)=[N+](c1ccccc1)c1ccccc1. The van der Waals surface area contributed by atoms with Crippen molar-refractivity contribution in [1.29, 1.82) is 0 Å². The largest absolute Gasteiger partial charge is 0.347 e. The molecular weight excluding hydrogens is 641 g/mol. The van der Waals surface area contributed by atoms with Crippen LogP contribution in [0.4, 0.5) is 22.7 Å². The number of fused-ring (bicyclic) bond motifs is 2. The molecule has 0 radical (unpaired) electrons. The second-order valence-corrected chi connectivity index (χ2v) is 14.9. The number of likely N-dealkylation sites (N-methyl/N-ethyl adjacent to an activating group) is 2.